The number of fused-ring (bicyclic) bond motifs is 1. The van der Waals surface area contributed by atoms with Gasteiger partial charge in [0.1, 0.15) is 0 Å². The average molecular weight is 190 g/mol. The van der Waals surface area contributed by atoms with E-state index < -0.39 is 0 Å². The van der Waals surface area contributed by atoms with Crippen molar-refractivity contribution in [3.8, 4) is 0 Å². The lowest BCUT2D eigenvalue weighted by Crippen LogP contribution is -2.19. The molecule has 2 nitrogen and oxygen atoms in total. The Labute approximate surface area is 85.5 Å². The van der Waals surface area contributed by atoms with Gasteiger partial charge in [-0.15, -0.1) is 0 Å². The van der Waals surface area contributed by atoms with E-state index in [0.29, 0.717) is 5.92 Å². The van der Waals surface area contributed by atoms with Crippen LogP contribution in [0.5, 0.6) is 0 Å². The van der Waals surface area contributed by atoms with E-state index in [2.05, 4.69) is 30.4 Å². The van der Waals surface area contributed by atoms with Crippen molar-refractivity contribution >= 4 is 5.69 Å². The molecular weight excluding hydrogens is 172 g/mol. The summed E-state index contributed by atoms with van der Waals surface area (Å²) in [7, 11) is 0. The molecule has 1 atom stereocenters. The van der Waals surface area contributed by atoms with Crippen LogP contribution in [0.3, 0.4) is 0 Å². The molecular formula is C12H18N2. The Morgan fingerprint density at radius 1 is 1.50 bits per heavy atom. The van der Waals surface area contributed by atoms with Crippen LogP contribution in [0.2, 0.25) is 0 Å². The smallest absolute Gasteiger partial charge is 0.0405 e. The molecule has 0 bridgehead atoms. The van der Waals surface area contributed by atoms with Gasteiger partial charge in [-0.2, -0.15) is 0 Å². The predicted octanol–water partition coefficient (Wildman–Crippen LogP) is 2.24. The minimum absolute atomic E-state index is 0.663. The van der Waals surface area contributed by atoms with Crippen LogP contribution in [-0.4, -0.2) is 13.1 Å². The van der Waals surface area contributed by atoms with E-state index in [-0.39, 0.29) is 0 Å². The lowest BCUT2D eigenvalue weighted by molar-refractivity contribution is 0.586. The number of benzene rings is 1. The molecule has 1 aliphatic heterocycles. The molecule has 0 fully saturated rings. The molecule has 0 aliphatic carbocycles. The maximum Gasteiger partial charge on any atom is 0.0405 e. The van der Waals surface area contributed by atoms with Crippen molar-refractivity contribution in [1.82, 2.24) is 0 Å². The summed E-state index contributed by atoms with van der Waals surface area (Å²) in [6.45, 7) is 4.04. The lowest BCUT2D eigenvalue weighted by atomic mass is 9.87. The fourth-order valence-electron chi connectivity index (χ4n) is 2.30. The van der Waals surface area contributed by atoms with E-state index in [0.717, 1.165) is 19.5 Å². The second-order valence-electron chi connectivity index (χ2n) is 4.03. The highest BCUT2D eigenvalue weighted by atomic mass is 14.9. The maximum absolute atomic E-state index is 5.63. The van der Waals surface area contributed by atoms with Crippen molar-refractivity contribution in [2.45, 2.75) is 25.7 Å². The van der Waals surface area contributed by atoms with Crippen molar-refractivity contribution in [2.75, 3.05) is 18.4 Å². The molecule has 0 radical (unpaired) electrons. The Bertz CT molecular complexity index is 320. The minimum atomic E-state index is 0.663. The number of hydrogen-bond acceptors (Lipinski definition) is 2. The van der Waals surface area contributed by atoms with Gasteiger partial charge in [0.25, 0.3) is 0 Å². The highest BCUT2D eigenvalue weighted by Crippen LogP contribution is 2.35. The number of nitrogens with one attached hydrogen (secondary N) is 1. The van der Waals surface area contributed by atoms with E-state index >= 15 is 0 Å². The normalized spacial score (nSPS) is 20.0. The SMILES string of the molecule is Cc1cccc2c1NCCC2CCN. The van der Waals surface area contributed by atoms with Crippen LogP contribution in [0, 0.1) is 6.92 Å². The largest absolute Gasteiger partial charge is 0.385 e. The summed E-state index contributed by atoms with van der Waals surface area (Å²) in [5.41, 5.74) is 9.79. The standard InChI is InChI=1S/C12H18N2/c1-9-3-2-4-11-10(5-7-13)6-8-14-12(9)11/h2-4,10,14H,5-8,13H2,1H3. The summed E-state index contributed by atoms with van der Waals surface area (Å²) in [6.07, 6.45) is 2.33. The van der Waals surface area contributed by atoms with Crippen LogP contribution in [-0.2, 0) is 0 Å². The molecule has 0 saturated carbocycles. The molecule has 3 N–H and O–H groups in total. The summed E-state index contributed by atoms with van der Waals surface area (Å²) >= 11 is 0. The first-order valence-corrected chi connectivity index (χ1v) is 5.36. The molecule has 0 saturated heterocycles. The lowest BCUT2D eigenvalue weighted by Gasteiger charge is -2.27. The highest BCUT2D eigenvalue weighted by Gasteiger charge is 2.19. The van der Waals surface area contributed by atoms with Gasteiger partial charge in [-0.1, -0.05) is 18.2 Å². The molecule has 2 heteroatoms. The molecule has 1 aromatic carbocycles. The van der Waals surface area contributed by atoms with E-state index in [9.17, 15) is 0 Å². The molecule has 2 rings (SSSR count). The van der Waals surface area contributed by atoms with Gasteiger partial charge < -0.3 is 11.1 Å². The fourth-order valence-corrected chi connectivity index (χ4v) is 2.30. The van der Waals surface area contributed by atoms with Gasteiger partial charge in [0.15, 0.2) is 0 Å². The summed E-state index contributed by atoms with van der Waals surface area (Å²) in [4.78, 5) is 0. The van der Waals surface area contributed by atoms with Crippen molar-refractivity contribution in [2.24, 2.45) is 5.73 Å². The van der Waals surface area contributed by atoms with Crippen LogP contribution >= 0.6 is 0 Å². The highest BCUT2D eigenvalue weighted by molar-refractivity contribution is 5.60. The van der Waals surface area contributed by atoms with E-state index in [4.69, 9.17) is 5.73 Å². The molecule has 76 valence electrons. The van der Waals surface area contributed by atoms with Crippen LogP contribution < -0.4 is 11.1 Å². The average Bonchev–Trinajstić information content (AvgIpc) is 2.20. The topological polar surface area (TPSA) is 38.0 Å². The minimum Gasteiger partial charge on any atom is -0.385 e. The number of rotatable bonds is 2. The monoisotopic (exact) mass is 190 g/mol. The van der Waals surface area contributed by atoms with E-state index in [1.807, 2.05) is 0 Å². The fraction of sp³-hybridized carbons (Fsp3) is 0.500. The number of para-hydroxylation sites is 1. The van der Waals surface area contributed by atoms with Gasteiger partial charge in [0.05, 0.1) is 0 Å². The second-order valence-corrected chi connectivity index (χ2v) is 4.03. The van der Waals surface area contributed by atoms with Gasteiger partial charge in [-0.05, 0) is 43.4 Å². The molecule has 1 heterocycles. The summed E-state index contributed by atoms with van der Waals surface area (Å²) < 4.78 is 0. The van der Waals surface area contributed by atoms with Gasteiger partial charge in [0, 0.05) is 12.2 Å². The van der Waals surface area contributed by atoms with Gasteiger partial charge in [-0.3, -0.25) is 0 Å². The number of hydrogen-bond donors (Lipinski definition) is 2. The molecule has 0 aromatic heterocycles. The van der Waals surface area contributed by atoms with E-state index in [1.54, 1.807) is 0 Å². The van der Waals surface area contributed by atoms with Crippen molar-refractivity contribution in [3.05, 3.63) is 29.3 Å². The van der Waals surface area contributed by atoms with Crippen molar-refractivity contribution in [3.63, 3.8) is 0 Å². The van der Waals surface area contributed by atoms with Crippen molar-refractivity contribution in [1.29, 1.82) is 0 Å². The van der Waals surface area contributed by atoms with Crippen molar-refractivity contribution < 1.29 is 0 Å². The zero-order valence-corrected chi connectivity index (χ0v) is 8.72. The molecule has 14 heavy (non-hydrogen) atoms. The molecule has 0 spiro atoms. The number of nitrogens with two attached hydrogens (primary N) is 1. The molecule has 1 aliphatic rings. The zero-order chi connectivity index (χ0) is 9.97. The van der Waals surface area contributed by atoms with Crippen LogP contribution in [0.25, 0.3) is 0 Å². The molecule has 1 unspecified atom stereocenters. The first-order valence-electron chi connectivity index (χ1n) is 5.36. The van der Waals surface area contributed by atoms with Crippen LogP contribution in [0.15, 0.2) is 18.2 Å². The summed E-state index contributed by atoms with van der Waals surface area (Å²) in [5.74, 6) is 0.663. The first kappa shape index (κ1) is 9.53. The third-order valence-corrected chi connectivity index (χ3v) is 3.05. The quantitative estimate of drug-likeness (QED) is 0.750. The second kappa shape index (κ2) is 4.01. The Morgan fingerprint density at radius 3 is 3.14 bits per heavy atom. The third-order valence-electron chi connectivity index (χ3n) is 3.05. The predicted molar refractivity (Wildman–Crippen MR) is 60.7 cm³/mol. The van der Waals surface area contributed by atoms with Crippen LogP contribution in [0.1, 0.15) is 29.9 Å². The number of aryl methyl sites for hydroxylation is 1. The Kier molecular flexibility index (Phi) is 2.73. The van der Waals surface area contributed by atoms with Crippen LogP contribution in [0.4, 0.5) is 5.69 Å². The Morgan fingerprint density at radius 2 is 2.36 bits per heavy atom. The van der Waals surface area contributed by atoms with Gasteiger partial charge >= 0.3 is 0 Å². The Balaban J connectivity index is 2.34. The molecule has 0 amide bonds. The number of anilines is 1. The zero-order valence-electron chi connectivity index (χ0n) is 8.72. The van der Waals surface area contributed by atoms with Gasteiger partial charge in [0.2, 0.25) is 0 Å². The third kappa shape index (κ3) is 1.62. The summed E-state index contributed by atoms with van der Waals surface area (Å²) in [5, 5.41) is 3.48. The summed E-state index contributed by atoms with van der Waals surface area (Å²) in [6, 6.07) is 6.54. The Hall–Kier alpha value is -1.02. The van der Waals surface area contributed by atoms with E-state index in [1.165, 1.54) is 23.2 Å². The maximum atomic E-state index is 5.63. The molecule has 1 aromatic rings. The van der Waals surface area contributed by atoms with Gasteiger partial charge in [-0.25, -0.2) is 0 Å². The first-order chi connectivity index (χ1) is 6.83.